The van der Waals surface area contributed by atoms with Gasteiger partial charge >= 0.3 is 53.9 Å². The van der Waals surface area contributed by atoms with Crippen molar-refractivity contribution in [3.8, 4) is 0 Å². The van der Waals surface area contributed by atoms with Crippen molar-refractivity contribution in [1.29, 1.82) is 0 Å². The Hall–Kier alpha value is -7.90. The average molecular weight is 2280 g/mol. The number of hydrogen-bond donors (Lipinski definition) is 15. The number of H-pyrrole nitrogens is 3. The molecule has 0 spiro atoms. The lowest BCUT2D eigenvalue weighted by Gasteiger charge is -2.30. The van der Waals surface area contributed by atoms with Crippen LogP contribution in [-0.2, 0) is 177 Å². The van der Waals surface area contributed by atoms with Crippen LogP contribution in [0.1, 0.15) is 61.3 Å². The van der Waals surface area contributed by atoms with Gasteiger partial charge in [0.15, 0.2) is 70.2 Å². The number of aromatic nitrogens is 20. The Labute approximate surface area is 852 Å². The quantitative estimate of drug-likeness (QED) is 0.0140. The van der Waals surface area contributed by atoms with Gasteiger partial charge in [0.2, 0.25) is 11.9 Å². The van der Waals surface area contributed by atoms with Crippen LogP contribution in [0.4, 0.5) is 29.4 Å². The summed E-state index contributed by atoms with van der Waals surface area (Å²) in [5.41, 5.74) is 25.9. The molecular formula is C73H103N25O40P6S4. The second-order valence-corrected chi connectivity index (χ2v) is 47.3. The van der Waals surface area contributed by atoms with Crippen LogP contribution in [0.15, 0.2) is 74.3 Å². The van der Waals surface area contributed by atoms with Gasteiger partial charge in [0, 0.05) is 71.9 Å². The highest BCUT2D eigenvalue weighted by molar-refractivity contribution is 8.08. The summed E-state index contributed by atoms with van der Waals surface area (Å²) in [4.78, 5) is 192. The van der Waals surface area contributed by atoms with Crippen LogP contribution in [0, 0.1) is 13.8 Å². The van der Waals surface area contributed by atoms with Gasteiger partial charge in [-0.05, 0) is 61.1 Å². The molecule has 814 valence electrons. The molecule has 6 aliphatic rings. The summed E-state index contributed by atoms with van der Waals surface area (Å²) in [7, 11) is -5.37. The number of rotatable bonds is 51. The number of imidazole rings is 4. The van der Waals surface area contributed by atoms with Gasteiger partial charge in [-0.2, -0.15) is 15.0 Å². The van der Waals surface area contributed by atoms with Gasteiger partial charge < -0.3 is 157 Å². The smallest absolute Gasteiger partial charge is 0.394 e. The normalized spacial score (nSPS) is 28.9. The Kier molecular flexibility index (Phi) is 36.2. The van der Waals surface area contributed by atoms with Crippen molar-refractivity contribution in [3.05, 3.63) is 114 Å². The minimum atomic E-state index is -5.93. The number of aryl methyl sites for hydroxylation is 2. The van der Waals surface area contributed by atoms with Gasteiger partial charge in [0.1, 0.15) is 127 Å². The lowest BCUT2D eigenvalue weighted by molar-refractivity contribution is -0.0838. The Morgan fingerprint density at radius 3 is 1.17 bits per heavy atom. The van der Waals surface area contributed by atoms with E-state index in [4.69, 9.17) is 196 Å². The van der Waals surface area contributed by atoms with Crippen molar-refractivity contribution in [3.63, 3.8) is 0 Å². The van der Waals surface area contributed by atoms with Crippen LogP contribution in [0.2, 0.25) is 0 Å². The van der Waals surface area contributed by atoms with Crippen LogP contribution in [-0.4, -0.2) is 357 Å². The Balaban J connectivity index is 0.683. The highest BCUT2D eigenvalue weighted by Crippen LogP contribution is 2.59. The number of nitrogens with two attached hydrogens (primary N) is 5. The summed E-state index contributed by atoms with van der Waals surface area (Å²) in [6.45, 7) is -23.1. The lowest BCUT2D eigenvalue weighted by Crippen LogP contribution is -2.41. The molecule has 6 saturated heterocycles. The lowest BCUT2D eigenvalue weighted by atomic mass is 10.1. The fourth-order valence-electron chi connectivity index (χ4n) is 16.8. The van der Waals surface area contributed by atoms with Crippen molar-refractivity contribution in [1.82, 2.24) is 97.2 Å². The molecule has 10 aromatic heterocycles. The van der Waals surface area contributed by atoms with E-state index >= 15 is 9.13 Å². The minimum absolute atomic E-state index is 0.00999. The highest BCUT2D eigenvalue weighted by Gasteiger charge is 2.58. The Morgan fingerprint density at radius 1 is 0.378 bits per heavy atom. The predicted molar refractivity (Wildman–Crippen MR) is 516 cm³/mol. The molecule has 28 atom stereocenters. The van der Waals surface area contributed by atoms with Gasteiger partial charge in [0.25, 0.3) is 16.7 Å². The van der Waals surface area contributed by atoms with Crippen molar-refractivity contribution < 1.29 is 164 Å². The predicted octanol–water partition coefficient (Wildman–Crippen LogP) is -2.34. The zero-order valence-corrected chi connectivity index (χ0v) is 87.2. The molecule has 16 rings (SSSR count). The first-order valence-corrected chi connectivity index (χ1v) is 57.6. The number of nitrogen functional groups attached to an aromatic ring is 5. The van der Waals surface area contributed by atoms with E-state index in [9.17, 15) is 58.4 Å². The molecule has 0 aliphatic carbocycles. The monoisotopic (exact) mass is 2280 g/mol. The first kappa shape index (κ1) is 113. The number of aliphatic hydroxyl groups is 1. The Bertz CT molecular complexity index is 7040. The SMILES string of the molecule is COCCO[C@H]1C(OP(O)(=S)OC[C@H]2O[C@@H](n3cnc4c(N)ncnc43)CC2OP(O)(=S)OC[C@H]2O[C@@H](n3cc(C)c(N)nc3=O)CC2OP(O)(=S)OC)[C@@H](COP(=O)(O)OC2[C@@H](COP(=O)(O)OC3[C@@H](COP(O)(=S)OC4[C@@H](CO)O[C@@H](n5cnc6c(=O)[nH]c(N)nc65)[C@H]4OCCOC)O[C@@H](n4cnc5c(=O)[nH]c(N)nc54)[C@H]3OCCOC)O[C@@H](n3cnc4c(N)ncnc43)[C@H]2OCCOC)O[C@H]1n1cc(C)c(=O)[nH]c1=O. The molecule has 148 heavy (non-hydrogen) atoms. The van der Waals surface area contributed by atoms with Gasteiger partial charge in [0.05, 0.1) is 130 Å². The third kappa shape index (κ3) is 25.8. The summed E-state index contributed by atoms with van der Waals surface area (Å²) in [6, 6.07) is 0. The van der Waals surface area contributed by atoms with Crippen LogP contribution < -0.4 is 56.7 Å². The molecule has 10 aromatic rings. The maximum absolute atomic E-state index is 15.5. The summed E-state index contributed by atoms with van der Waals surface area (Å²) < 4.78 is 195. The molecule has 0 aromatic carbocycles. The van der Waals surface area contributed by atoms with Crippen LogP contribution >= 0.6 is 42.5 Å². The van der Waals surface area contributed by atoms with E-state index in [0.29, 0.717) is 5.56 Å². The zero-order valence-electron chi connectivity index (χ0n) is 78.5. The molecule has 75 heteroatoms. The number of hydrogen-bond acceptors (Lipinski definition) is 54. The van der Waals surface area contributed by atoms with Crippen LogP contribution in [0.3, 0.4) is 0 Å². The summed E-state index contributed by atoms with van der Waals surface area (Å²) >= 11 is 22.3. The van der Waals surface area contributed by atoms with Crippen molar-refractivity contribution in [2.45, 2.75) is 162 Å². The molecule has 0 amide bonds. The summed E-state index contributed by atoms with van der Waals surface area (Å²) in [5, 5.41) is 10.9. The van der Waals surface area contributed by atoms with E-state index in [1.54, 1.807) is 6.92 Å². The van der Waals surface area contributed by atoms with Gasteiger partial charge in [-0.25, -0.2) is 58.6 Å². The molecule has 0 radical (unpaired) electrons. The third-order valence-corrected chi connectivity index (χ3v) is 32.0. The molecule has 6 aliphatic heterocycles. The molecule has 6 fully saturated rings. The summed E-state index contributed by atoms with van der Waals surface area (Å²) in [6.07, 6.45) is -26.2. The number of aromatic amines is 3. The van der Waals surface area contributed by atoms with Crippen molar-refractivity contribution in [2.75, 3.05) is 157 Å². The second kappa shape index (κ2) is 47.6. The number of nitrogens with one attached hydrogen (secondary N) is 3. The first-order chi connectivity index (χ1) is 70.4. The number of fused-ring (bicyclic) bond motifs is 4. The van der Waals surface area contributed by atoms with Crippen LogP contribution in [0.5, 0.6) is 0 Å². The standard InChI is InChI=1S/C73H103N25O40P6S4/c1-32-18-93(72(103)87-56(32)74)42-16-34(133-141(109,145)117-7)37(127-42)21-124-142(110,146)134-35-17-43(95-28-83-44-57(75)79-26-81-59(44)95)128-38(35)22-125-143(111,147)138-51-40(130-66(55(51)121-15-11-116-6)94-19-33(2)63(100)92-73(94)104)24-123-140(107,108)135-49-39(131-67(53(49)119-13-9-114-4)96-29-84-45-58(76)80-27-82-60(45)96)23-122-139(105,106)136-50-41(132-69(54(50)120-14-10-115-5)98-31-86-47-62(98)89-71(78)91-65(47)102)25-126-144(112,148)137-48-36(20-99)129-68(52(48)118-12-8-113-3)97-30-85-46-61(97)88-70(77)90-64(46)101/h18-19,26-31,34-43,48-55,66-69,99H,8-17,20-25H2,1-7H3,(H,105,106)(H,107,108)(H,109,145)(H,110,146)(H,111,147)(H,112,148)(H2,74,87,103)(H2,75,79,81)(H2,76,80,82)(H,92,100,104)(H3,77,88,90,101)(H3,78,89,91,102)/t34?,35?,36-,37-,38-,39-,40-,41-,42-,43-,48?,49?,50?,51?,52+,53+,54+,55+,66-,67-,68-,69-,141?,142?,143?,144?/m1/s1. The van der Waals surface area contributed by atoms with Crippen molar-refractivity contribution in [2.24, 2.45) is 0 Å². The van der Waals surface area contributed by atoms with E-state index in [1.165, 1.54) is 74.2 Å². The van der Waals surface area contributed by atoms with E-state index < -0.39 is 251 Å². The molecule has 16 heterocycles. The molecular weight excluding hydrogens is 2180 g/mol. The van der Waals surface area contributed by atoms with Crippen LogP contribution in [0.25, 0.3) is 44.7 Å². The molecule has 20 N–H and O–H groups in total. The number of nitrogens with zero attached hydrogens (tertiary/aromatic N) is 17. The maximum atomic E-state index is 15.5. The Morgan fingerprint density at radius 2 is 0.736 bits per heavy atom. The number of aliphatic hydroxyl groups excluding tert-OH is 1. The molecule has 65 nitrogen and oxygen atoms in total. The highest BCUT2D eigenvalue weighted by atomic mass is 32.5. The van der Waals surface area contributed by atoms with Gasteiger partial charge in [-0.3, -0.25) is 83.9 Å². The third-order valence-electron chi connectivity index (χ3n) is 23.6. The fraction of sp³-hybridized carbons (Fsp3) is 0.616. The summed E-state index contributed by atoms with van der Waals surface area (Å²) in [5.74, 6) is -0.930. The first-order valence-electron chi connectivity index (χ1n) is 44.2. The van der Waals surface area contributed by atoms with Crippen molar-refractivity contribution >= 4 is 164 Å². The largest absolute Gasteiger partial charge is 0.472 e. The molecule has 12 unspecified atom stereocenters. The molecule has 0 saturated carbocycles. The van der Waals surface area contributed by atoms with E-state index in [1.807, 2.05) is 0 Å². The van der Waals surface area contributed by atoms with E-state index in [0.717, 1.165) is 46.0 Å². The van der Waals surface area contributed by atoms with E-state index in [-0.39, 0.29) is 139 Å². The topological polar surface area (TPSA) is 850 Å². The number of phosphoric ester groups is 2. The van der Waals surface area contributed by atoms with Gasteiger partial charge in [-0.15, -0.1) is 0 Å². The number of phosphoric acid groups is 2. The average Bonchev–Trinajstić information content (AvgIpc) is 1.61. The number of anilines is 5. The fourth-order valence-corrected chi connectivity index (χ4v) is 24.0. The molecule has 0 bridgehead atoms. The maximum Gasteiger partial charge on any atom is 0.472 e. The number of methoxy groups -OCH3 is 4. The number of ether oxygens (including phenoxy) is 14. The minimum Gasteiger partial charge on any atom is -0.394 e. The zero-order chi connectivity index (χ0) is 106. The van der Waals surface area contributed by atoms with E-state index in [2.05, 4.69) is 69.8 Å². The van der Waals surface area contributed by atoms with Gasteiger partial charge in [-0.1, -0.05) is 0 Å². The second-order valence-electron chi connectivity index (χ2n) is 33.2.